The molecule has 1 aliphatic rings. The van der Waals surface area contributed by atoms with Crippen LogP contribution in [0.3, 0.4) is 0 Å². The summed E-state index contributed by atoms with van der Waals surface area (Å²) in [6.07, 6.45) is 0.287. The van der Waals surface area contributed by atoms with Crippen LogP contribution in [0.2, 0.25) is 0 Å². The Balaban J connectivity index is 2.37. The van der Waals surface area contributed by atoms with E-state index < -0.39 is 0 Å². The maximum atomic E-state index is 5.59. The molecule has 11 heavy (non-hydrogen) atoms. The van der Waals surface area contributed by atoms with Crippen molar-refractivity contribution < 1.29 is 9.47 Å². The Bertz CT molecular complexity index is 121. The Hall–Kier alpha value is -0.160. The zero-order chi connectivity index (χ0) is 8.27. The number of ether oxygens (including phenoxy) is 2. The Kier molecular flexibility index (Phi) is 3.26. The fourth-order valence-corrected chi connectivity index (χ4v) is 1.37. The highest BCUT2D eigenvalue weighted by Gasteiger charge is 2.31. The summed E-state index contributed by atoms with van der Waals surface area (Å²) in [5.74, 6) is 5.59. The van der Waals surface area contributed by atoms with Gasteiger partial charge in [0.25, 0.3) is 0 Å². The van der Waals surface area contributed by atoms with E-state index in [1.165, 1.54) is 0 Å². The van der Waals surface area contributed by atoms with E-state index in [-0.39, 0.29) is 12.2 Å². The molecule has 0 radical (unpaired) electrons. The van der Waals surface area contributed by atoms with Crippen molar-refractivity contribution in [3.8, 4) is 0 Å². The van der Waals surface area contributed by atoms with Gasteiger partial charge in [0.1, 0.15) is 0 Å². The van der Waals surface area contributed by atoms with Gasteiger partial charge in [-0.3, -0.25) is 5.84 Å². The minimum absolute atomic E-state index is 0.139. The van der Waals surface area contributed by atoms with Crippen LogP contribution in [0.4, 0.5) is 0 Å². The molecule has 2 unspecified atom stereocenters. The van der Waals surface area contributed by atoms with Crippen molar-refractivity contribution in [1.29, 1.82) is 0 Å². The quantitative estimate of drug-likeness (QED) is 0.570. The van der Waals surface area contributed by atoms with Crippen molar-refractivity contribution in [3.05, 3.63) is 0 Å². The van der Waals surface area contributed by atoms with Crippen LogP contribution in [0, 0.1) is 0 Å². The Morgan fingerprint density at radius 1 is 1.45 bits per heavy atom. The lowest BCUT2D eigenvalue weighted by molar-refractivity contribution is -0.0233. The predicted octanol–water partition coefficient (Wildman–Crippen LogP) is -0.404. The molecule has 66 valence electrons. The fraction of sp³-hybridized carbons (Fsp3) is 1.00. The molecular formula is C7H16N2O2. The third-order valence-corrected chi connectivity index (χ3v) is 1.93. The number of nitrogens with zero attached hydrogens (tertiary/aromatic N) is 1. The zero-order valence-electron chi connectivity index (χ0n) is 7.12. The summed E-state index contributed by atoms with van der Waals surface area (Å²) >= 11 is 0. The molecule has 2 N–H and O–H groups in total. The molecular weight excluding hydrogens is 144 g/mol. The van der Waals surface area contributed by atoms with Crippen LogP contribution < -0.4 is 5.84 Å². The smallest absolute Gasteiger partial charge is 0.0989 e. The van der Waals surface area contributed by atoms with Crippen LogP contribution in [-0.4, -0.2) is 44.0 Å². The largest absolute Gasteiger partial charge is 0.377 e. The summed E-state index contributed by atoms with van der Waals surface area (Å²) in [7, 11) is 1.69. The van der Waals surface area contributed by atoms with Gasteiger partial charge in [0.2, 0.25) is 0 Å². The Morgan fingerprint density at radius 2 is 2.09 bits per heavy atom. The second kappa shape index (κ2) is 4.01. The summed E-state index contributed by atoms with van der Waals surface area (Å²) in [6.45, 7) is 4.23. The molecule has 0 spiro atoms. The molecule has 0 saturated carbocycles. The predicted molar refractivity (Wildman–Crippen MR) is 42.0 cm³/mol. The highest BCUT2D eigenvalue weighted by Crippen LogP contribution is 2.12. The van der Waals surface area contributed by atoms with Crippen molar-refractivity contribution in [2.45, 2.75) is 19.1 Å². The molecule has 1 fully saturated rings. The molecule has 0 aromatic rings. The molecule has 1 saturated heterocycles. The normalized spacial score (nSPS) is 33.0. The lowest BCUT2D eigenvalue weighted by Gasteiger charge is -2.15. The summed E-state index contributed by atoms with van der Waals surface area (Å²) in [5.41, 5.74) is 0. The van der Waals surface area contributed by atoms with E-state index in [1.807, 2.05) is 6.92 Å². The molecule has 1 rings (SSSR count). The number of rotatable bonds is 3. The standard InChI is InChI=1S/C7H16N2O2/c1-3-11-7-5-9(8)4-6(7)10-2/h6-7H,3-5,8H2,1-2H3. The summed E-state index contributed by atoms with van der Waals surface area (Å²) in [6, 6.07) is 0. The van der Waals surface area contributed by atoms with E-state index in [0.29, 0.717) is 0 Å². The lowest BCUT2D eigenvalue weighted by Crippen LogP contribution is -2.29. The molecule has 0 bridgehead atoms. The van der Waals surface area contributed by atoms with Crippen LogP contribution in [-0.2, 0) is 9.47 Å². The molecule has 1 aliphatic heterocycles. The van der Waals surface area contributed by atoms with E-state index in [2.05, 4.69) is 0 Å². The van der Waals surface area contributed by atoms with Crippen molar-refractivity contribution in [2.75, 3.05) is 26.8 Å². The first-order chi connectivity index (χ1) is 5.27. The van der Waals surface area contributed by atoms with Crippen molar-refractivity contribution >= 4 is 0 Å². The van der Waals surface area contributed by atoms with Gasteiger partial charge in [-0.15, -0.1) is 0 Å². The molecule has 0 aromatic heterocycles. The van der Waals surface area contributed by atoms with Crippen molar-refractivity contribution in [3.63, 3.8) is 0 Å². The third kappa shape index (κ3) is 2.13. The second-order valence-electron chi connectivity index (χ2n) is 2.72. The average molecular weight is 160 g/mol. The monoisotopic (exact) mass is 160 g/mol. The number of hydrogen-bond donors (Lipinski definition) is 1. The first-order valence-electron chi connectivity index (χ1n) is 3.92. The van der Waals surface area contributed by atoms with Crippen LogP contribution in [0.25, 0.3) is 0 Å². The summed E-state index contributed by atoms with van der Waals surface area (Å²) in [4.78, 5) is 0. The maximum Gasteiger partial charge on any atom is 0.0989 e. The minimum Gasteiger partial charge on any atom is -0.377 e. The van der Waals surface area contributed by atoms with Crippen molar-refractivity contribution in [2.24, 2.45) is 5.84 Å². The highest BCUT2D eigenvalue weighted by atomic mass is 16.5. The average Bonchev–Trinajstić information content (AvgIpc) is 2.32. The van der Waals surface area contributed by atoms with Gasteiger partial charge in [0.15, 0.2) is 0 Å². The number of hydrogen-bond acceptors (Lipinski definition) is 4. The molecule has 0 aromatic carbocycles. The SMILES string of the molecule is CCOC1CN(N)CC1OC. The molecule has 4 heteroatoms. The fourth-order valence-electron chi connectivity index (χ4n) is 1.37. The summed E-state index contributed by atoms with van der Waals surface area (Å²) < 4.78 is 10.6. The first kappa shape index (κ1) is 8.93. The molecule has 0 aliphatic carbocycles. The maximum absolute atomic E-state index is 5.59. The van der Waals surface area contributed by atoms with Crippen LogP contribution in [0.15, 0.2) is 0 Å². The molecule has 0 amide bonds. The highest BCUT2D eigenvalue weighted by molar-refractivity contribution is 4.82. The van der Waals surface area contributed by atoms with E-state index in [4.69, 9.17) is 15.3 Å². The van der Waals surface area contributed by atoms with Gasteiger partial charge >= 0.3 is 0 Å². The zero-order valence-corrected chi connectivity index (χ0v) is 7.12. The van der Waals surface area contributed by atoms with Gasteiger partial charge in [0.05, 0.1) is 12.2 Å². The van der Waals surface area contributed by atoms with Crippen molar-refractivity contribution in [1.82, 2.24) is 5.01 Å². The van der Waals surface area contributed by atoms with Crippen LogP contribution in [0.1, 0.15) is 6.92 Å². The van der Waals surface area contributed by atoms with Gasteiger partial charge in [-0.2, -0.15) is 0 Å². The Labute approximate surface area is 67.2 Å². The number of nitrogens with two attached hydrogens (primary N) is 1. The lowest BCUT2D eigenvalue weighted by atomic mass is 10.2. The van der Waals surface area contributed by atoms with E-state index in [1.54, 1.807) is 12.1 Å². The van der Waals surface area contributed by atoms with E-state index >= 15 is 0 Å². The van der Waals surface area contributed by atoms with Gasteiger partial charge in [0, 0.05) is 26.8 Å². The first-order valence-corrected chi connectivity index (χ1v) is 3.92. The van der Waals surface area contributed by atoms with Gasteiger partial charge in [-0.05, 0) is 6.92 Å². The van der Waals surface area contributed by atoms with Crippen LogP contribution >= 0.6 is 0 Å². The molecule has 4 nitrogen and oxygen atoms in total. The van der Waals surface area contributed by atoms with E-state index in [9.17, 15) is 0 Å². The molecule has 1 heterocycles. The van der Waals surface area contributed by atoms with Gasteiger partial charge in [-0.25, -0.2) is 5.01 Å². The topological polar surface area (TPSA) is 47.7 Å². The Morgan fingerprint density at radius 3 is 2.64 bits per heavy atom. The second-order valence-corrected chi connectivity index (χ2v) is 2.72. The summed E-state index contributed by atoms with van der Waals surface area (Å²) in [5, 5.41) is 1.73. The van der Waals surface area contributed by atoms with E-state index in [0.717, 1.165) is 19.7 Å². The molecule has 2 atom stereocenters. The van der Waals surface area contributed by atoms with Crippen LogP contribution in [0.5, 0.6) is 0 Å². The minimum atomic E-state index is 0.139. The third-order valence-electron chi connectivity index (χ3n) is 1.93. The van der Waals surface area contributed by atoms with Gasteiger partial charge < -0.3 is 9.47 Å². The van der Waals surface area contributed by atoms with Gasteiger partial charge in [-0.1, -0.05) is 0 Å². The number of hydrazine groups is 1. The number of methoxy groups -OCH3 is 1.